The van der Waals surface area contributed by atoms with Gasteiger partial charge in [-0.3, -0.25) is 19.7 Å². The summed E-state index contributed by atoms with van der Waals surface area (Å²) in [5, 5.41) is 94.7. The Bertz CT molecular complexity index is 2180. The predicted octanol–water partition coefficient (Wildman–Crippen LogP) is 1.20. The zero-order valence-corrected chi connectivity index (χ0v) is 32.6. The number of hydrogen-bond acceptors (Lipinski definition) is 15. The summed E-state index contributed by atoms with van der Waals surface area (Å²) in [6.45, 7) is -0.655. The van der Waals surface area contributed by atoms with E-state index in [1.165, 1.54) is 24.3 Å². The van der Waals surface area contributed by atoms with Gasteiger partial charge in [-0.1, -0.05) is 42.8 Å². The van der Waals surface area contributed by atoms with Crippen molar-refractivity contribution in [2.24, 2.45) is 15.7 Å². The molecule has 3 aliphatic heterocycles. The van der Waals surface area contributed by atoms with Crippen molar-refractivity contribution in [3.05, 3.63) is 89.0 Å². The van der Waals surface area contributed by atoms with Crippen LogP contribution in [-0.4, -0.2) is 132 Å². The van der Waals surface area contributed by atoms with Crippen LogP contribution >= 0.6 is 0 Å². The number of benzene rings is 3. The number of ether oxygens (including phenoxy) is 2. The minimum absolute atomic E-state index is 0.00624. The van der Waals surface area contributed by atoms with Crippen LogP contribution in [0.1, 0.15) is 66.7 Å². The van der Waals surface area contributed by atoms with Gasteiger partial charge in [0, 0.05) is 48.1 Å². The van der Waals surface area contributed by atoms with Crippen LogP contribution in [0.4, 0.5) is 5.69 Å². The third-order valence-electron chi connectivity index (χ3n) is 12.2. The average Bonchev–Trinajstić information content (AvgIpc) is 3.93. The average molecular weight is 831 g/mol. The number of carbonyl (C=O) groups excluding carboxylic acids is 1. The molecule has 2 fully saturated rings. The normalized spacial score (nSPS) is 30.1. The van der Waals surface area contributed by atoms with E-state index in [0.29, 0.717) is 42.5 Å². The van der Waals surface area contributed by atoms with Crippen LogP contribution < -0.4 is 15.4 Å². The number of rotatable bonds is 14. The molecule has 3 aromatic rings. The van der Waals surface area contributed by atoms with Crippen LogP contribution in [-0.2, 0) is 26.2 Å². The number of aromatic hydroxyl groups is 2. The number of aliphatic hydroxyl groups is 6. The molecule has 3 aromatic carbocycles. The second-order valence-corrected chi connectivity index (χ2v) is 15.8. The van der Waals surface area contributed by atoms with Gasteiger partial charge in [0.2, 0.25) is 0 Å². The number of hydrogen-bond donors (Lipinski definition) is 10. The molecule has 60 heavy (non-hydrogen) atoms. The van der Waals surface area contributed by atoms with Crippen molar-refractivity contribution in [3.8, 4) is 17.2 Å². The molecule has 1 aliphatic carbocycles. The number of nitrogens with zero attached hydrogens (tertiary/aromatic N) is 3. The molecule has 1 saturated carbocycles. The Kier molecular flexibility index (Phi) is 12.4. The highest BCUT2D eigenvalue weighted by atomic mass is 16.8. The lowest BCUT2D eigenvalue weighted by atomic mass is 9.68. The number of phenolic OH excluding ortho intramolecular Hbond substituents is 2. The molecule has 11 N–H and O–H groups in total. The maximum Gasteiger partial charge on any atom is 0.355 e. The molecule has 0 bridgehead atoms. The molecule has 0 unspecified atom stereocenters. The highest BCUT2D eigenvalue weighted by Crippen LogP contribution is 2.54. The Morgan fingerprint density at radius 2 is 1.73 bits per heavy atom. The highest BCUT2D eigenvalue weighted by molar-refractivity contribution is 6.43. The van der Waals surface area contributed by atoms with E-state index in [-0.39, 0.29) is 49.2 Å². The zero-order chi connectivity index (χ0) is 42.9. The topological polar surface area (TPSA) is 289 Å². The minimum Gasteiger partial charge on any atom is -0.508 e. The molecule has 320 valence electrons. The first-order valence-corrected chi connectivity index (χ1v) is 19.9. The Morgan fingerprint density at radius 1 is 0.983 bits per heavy atom. The van der Waals surface area contributed by atoms with E-state index in [2.05, 4.69) is 9.98 Å². The summed E-state index contributed by atoms with van der Waals surface area (Å²) in [5.74, 6) is -7.45. The molecule has 1 saturated heterocycles. The molecule has 0 spiro atoms. The number of carboxylic acid groups (broad SMARTS) is 1. The van der Waals surface area contributed by atoms with Gasteiger partial charge in [0.15, 0.2) is 17.6 Å². The van der Waals surface area contributed by atoms with Gasteiger partial charge in [0.25, 0.3) is 5.91 Å². The van der Waals surface area contributed by atoms with E-state index in [4.69, 9.17) is 15.2 Å². The number of carboxylic acids is 1. The van der Waals surface area contributed by atoms with Gasteiger partial charge >= 0.3 is 11.9 Å². The second-order valence-electron chi connectivity index (χ2n) is 15.8. The van der Waals surface area contributed by atoms with Crippen molar-refractivity contribution in [1.82, 2.24) is 0 Å². The van der Waals surface area contributed by atoms with Crippen molar-refractivity contribution in [1.29, 1.82) is 0 Å². The predicted molar refractivity (Wildman–Crippen MR) is 217 cm³/mol. The van der Waals surface area contributed by atoms with Crippen LogP contribution in [0.5, 0.6) is 17.2 Å². The number of carbonyl (C=O) groups is 2. The van der Waals surface area contributed by atoms with Gasteiger partial charge in [-0.15, -0.1) is 0 Å². The Morgan fingerprint density at radius 3 is 2.42 bits per heavy atom. The van der Waals surface area contributed by atoms with E-state index in [1.807, 2.05) is 30.3 Å². The summed E-state index contributed by atoms with van der Waals surface area (Å²) in [6, 6.07) is 14.6. The van der Waals surface area contributed by atoms with Crippen molar-refractivity contribution in [3.63, 3.8) is 0 Å². The van der Waals surface area contributed by atoms with Gasteiger partial charge in [-0.25, -0.2) is 4.79 Å². The molecular weight excluding hydrogens is 780 g/mol. The third-order valence-corrected chi connectivity index (χ3v) is 12.2. The lowest BCUT2D eigenvalue weighted by Gasteiger charge is -2.44. The highest BCUT2D eigenvalue weighted by Gasteiger charge is 2.56. The first-order chi connectivity index (χ1) is 28.7. The lowest BCUT2D eigenvalue weighted by molar-refractivity contribution is -0.422. The molecule has 0 aromatic heterocycles. The lowest BCUT2D eigenvalue weighted by Crippen LogP contribution is -2.67. The number of fused-ring (bicyclic) bond motifs is 1. The van der Waals surface area contributed by atoms with E-state index in [9.17, 15) is 55.5 Å². The summed E-state index contributed by atoms with van der Waals surface area (Å²) in [5.41, 5.74) is 9.66. The summed E-state index contributed by atoms with van der Waals surface area (Å²) in [7, 11) is 0. The van der Waals surface area contributed by atoms with E-state index in [1.54, 1.807) is 12.1 Å². The Labute approximate surface area is 345 Å². The van der Waals surface area contributed by atoms with Crippen LogP contribution in [0.2, 0.25) is 0 Å². The number of amides is 1. The van der Waals surface area contributed by atoms with Gasteiger partial charge in [-0.2, -0.15) is 0 Å². The fourth-order valence-electron chi connectivity index (χ4n) is 9.07. The van der Waals surface area contributed by atoms with Crippen LogP contribution in [0.25, 0.3) is 6.08 Å². The first-order valence-electron chi connectivity index (χ1n) is 19.9. The fourth-order valence-corrected chi connectivity index (χ4v) is 9.07. The van der Waals surface area contributed by atoms with Gasteiger partial charge in [0.1, 0.15) is 36.8 Å². The molecule has 7 rings (SSSR count). The standard InChI is InChI=1S/C43H50N4O13/c44-35-9-4-14-42(35,25-6-2-1-3-7-25)20-27-26-18-32(51)33(59-43(58)40(55)39(54)38(53)34(21-49)60-43)19-30(26)47(37(27)41(56)57)36(52)13-11-23-10-12-31(50)24(16-23)17-29-28(8-5-15-48)45-22-46-29/h1-3,6-7,10-13,16,18-19,27,34-35,37-40,48-51,53-55,58H,4-5,8-9,14-15,17,20-22,44H2,(H,56,57)/b13-11+/t27-,34-,35-,37-,38-,39+,40-,42+,43+/m1/s1. The van der Waals surface area contributed by atoms with Crippen molar-refractivity contribution in [2.45, 2.75) is 98.8 Å². The number of aliphatic hydroxyl groups excluding tert-OH is 5. The molecule has 0 radical (unpaired) electrons. The van der Waals surface area contributed by atoms with Crippen molar-refractivity contribution in [2.75, 3.05) is 24.8 Å². The number of aliphatic imine (C=N–C) groups is 2. The first kappa shape index (κ1) is 42.9. The monoisotopic (exact) mass is 830 g/mol. The number of anilines is 1. The largest absolute Gasteiger partial charge is 0.508 e. The van der Waals surface area contributed by atoms with Crippen molar-refractivity contribution >= 4 is 35.1 Å². The van der Waals surface area contributed by atoms with Gasteiger partial charge in [-0.05, 0) is 73.1 Å². The van der Waals surface area contributed by atoms with Crippen LogP contribution in [0.3, 0.4) is 0 Å². The molecule has 3 heterocycles. The van der Waals surface area contributed by atoms with Crippen LogP contribution in [0.15, 0.2) is 76.7 Å². The molecule has 9 atom stereocenters. The maximum atomic E-state index is 14.5. The fraction of sp³-hybridized carbons (Fsp3) is 0.442. The molecular formula is C43H50N4O13. The molecule has 17 nitrogen and oxygen atoms in total. The SMILES string of the molecule is N[C@@H]1CCC[C@]1(C[C@@H]1c2cc(O)c(O[C@]3(O)O[C@H](CO)[C@@H](O)[C@H](O)[C@H]3O)cc2N(C(=O)/C=C/c2ccc(O)c(CC3=NCN=C3CCCO)c2)[C@H]1C(=O)O)c1ccccc1. The summed E-state index contributed by atoms with van der Waals surface area (Å²) in [6.07, 6.45) is -1.66. The number of nitrogens with two attached hydrogens (primary N) is 1. The second kappa shape index (κ2) is 17.4. The Balaban J connectivity index is 1.27. The quantitative estimate of drug-likeness (QED) is 0.0808. The smallest absolute Gasteiger partial charge is 0.355 e. The van der Waals surface area contributed by atoms with Crippen LogP contribution in [0, 0.1) is 0 Å². The van der Waals surface area contributed by atoms with Gasteiger partial charge < -0.3 is 61.2 Å². The van der Waals surface area contributed by atoms with Crippen molar-refractivity contribution < 1.29 is 65.0 Å². The number of aliphatic carboxylic acids is 1. The minimum atomic E-state index is -3.13. The number of phenols is 2. The molecule has 4 aliphatic rings. The van der Waals surface area contributed by atoms with E-state index in [0.717, 1.165) is 28.7 Å². The third kappa shape index (κ3) is 8.02. The molecule has 1 amide bonds. The molecule has 17 heteroatoms. The summed E-state index contributed by atoms with van der Waals surface area (Å²) >= 11 is 0. The van der Waals surface area contributed by atoms with E-state index >= 15 is 0 Å². The van der Waals surface area contributed by atoms with Gasteiger partial charge in [0.05, 0.1) is 23.7 Å². The zero-order valence-electron chi connectivity index (χ0n) is 32.6. The Hall–Kier alpha value is -5.24. The summed E-state index contributed by atoms with van der Waals surface area (Å²) < 4.78 is 10.8. The maximum absolute atomic E-state index is 14.5. The summed E-state index contributed by atoms with van der Waals surface area (Å²) in [4.78, 5) is 37.8. The van der Waals surface area contributed by atoms with E-state index < -0.39 is 77.7 Å².